The molecule has 0 spiro atoms. The van der Waals surface area contributed by atoms with E-state index in [0.717, 1.165) is 5.56 Å². The number of rotatable bonds is 4. The van der Waals surface area contributed by atoms with E-state index >= 15 is 0 Å². The van der Waals surface area contributed by atoms with Crippen molar-refractivity contribution in [1.82, 2.24) is 0 Å². The Morgan fingerprint density at radius 1 is 1.00 bits per heavy atom. The Bertz CT molecular complexity index is 1210. The van der Waals surface area contributed by atoms with Crippen molar-refractivity contribution in [3.8, 4) is 5.75 Å². The fourth-order valence-electron chi connectivity index (χ4n) is 4.93. The maximum Gasteiger partial charge on any atom is 0.316 e. The molecule has 5 rings (SSSR count). The molecule has 2 aliphatic heterocycles. The Hall–Kier alpha value is -3.45. The van der Waals surface area contributed by atoms with Crippen LogP contribution in [0.15, 0.2) is 54.6 Å². The van der Waals surface area contributed by atoms with Gasteiger partial charge < -0.3 is 9.64 Å². The number of anilines is 2. The van der Waals surface area contributed by atoms with Crippen LogP contribution in [0.25, 0.3) is 0 Å². The number of ether oxygens (including phenoxy) is 1. The van der Waals surface area contributed by atoms with Crippen LogP contribution < -0.4 is 14.5 Å². The van der Waals surface area contributed by atoms with E-state index in [1.54, 1.807) is 41.3 Å². The molecule has 0 aromatic heterocycles. The summed E-state index contributed by atoms with van der Waals surface area (Å²) in [7, 11) is 0. The summed E-state index contributed by atoms with van der Waals surface area (Å²) in [5.74, 6) is -2.26. The van der Waals surface area contributed by atoms with E-state index in [2.05, 4.69) is 0 Å². The highest BCUT2D eigenvalue weighted by atomic mass is 35.5. The van der Waals surface area contributed by atoms with Crippen LogP contribution in [0, 0.1) is 24.7 Å². The van der Waals surface area contributed by atoms with Crippen LogP contribution in [0.5, 0.6) is 5.75 Å². The minimum atomic E-state index is -0.640. The van der Waals surface area contributed by atoms with Crippen molar-refractivity contribution >= 4 is 46.7 Å². The molecule has 2 fully saturated rings. The summed E-state index contributed by atoms with van der Waals surface area (Å²) < 4.78 is 5.57. The molecule has 2 aromatic carbocycles. The number of hydrogen-bond donors (Lipinski definition) is 0. The monoisotopic (exact) mass is 478 g/mol. The summed E-state index contributed by atoms with van der Waals surface area (Å²) in [4.78, 5) is 54.0. The second-order valence-corrected chi connectivity index (χ2v) is 9.28. The van der Waals surface area contributed by atoms with Gasteiger partial charge in [0, 0.05) is 29.7 Å². The van der Waals surface area contributed by atoms with E-state index in [9.17, 15) is 19.2 Å². The first kappa shape index (κ1) is 22.3. The summed E-state index contributed by atoms with van der Waals surface area (Å²) in [6.07, 6.45) is 5.01. The van der Waals surface area contributed by atoms with Crippen molar-refractivity contribution in [1.29, 1.82) is 0 Å². The molecular formula is C26H23ClN2O5. The first-order chi connectivity index (χ1) is 16.3. The molecule has 0 N–H and O–H groups in total. The molecule has 34 heavy (non-hydrogen) atoms. The lowest BCUT2D eigenvalue weighted by molar-refractivity contribution is -0.139. The fraction of sp³-hybridized carbons (Fsp3) is 0.308. The smallest absolute Gasteiger partial charge is 0.316 e. The van der Waals surface area contributed by atoms with Gasteiger partial charge in [-0.1, -0.05) is 35.9 Å². The van der Waals surface area contributed by atoms with E-state index < -0.39 is 11.9 Å². The van der Waals surface area contributed by atoms with Gasteiger partial charge in [0.1, 0.15) is 5.75 Å². The summed E-state index contributed by atoms with van der Waals surface area (Å²) in [5.41, 5.74) is 1.83. The van der Waals surface area contributed by atoms with E-state index in [1.807, 2.05) is 19.1 Å². The van der Waals surface area contributed by atoms with Crippen molar-refractivity contribution in [2.45, 2.75) is 26.2 Å². The number of nitrogens with zero attached hydrogens (tertiary/aromatic N) is 2. The molecule has 1 aliphatic carbocycles. The Kier molecular flexibility index (Phi) is 5.73. The average molecular weight is 479 g/mol. The minimum Gasteiger partial charge on any atom is -0.426 e. The zero-order valence-corrected chi connectivity index (χ0v) is 19.3. The molecule has 2 aromatic rings. The van der Waals surface area contributed by atoms with Gasteiger partial charge in [-0.15, -0.1) is 0 Å². The molecule has 7 nitrogen and oxygen atoms in total. The standard InChI is InChI=1S/C26H23ClN2O5/c1-15-21(27)10-5-11-22(15)28-14-16(12-23(28)30)26(33)34-18-7-4-6-17(13-18)29-24(31)19-8-2-3-9-20(19)25(29)32/h2-7,10-11,13,16,19-20H,8-9,12,14H2,1H3/t16-,19+,20+/m1/s1. The largest absolute Gasteiger partial charge is 0.426 e. The highest BCUT2D eigenvalue weighted by Crippen LogP contribution is 2.38. The van der Waals surface area contributed by atoms with Crippen LogP contribution in [0.1, 0.15) is 24.8 Å². The molecule has 2 saturated heterocycles. The van der Waals surface area contributed by atoms with Gasteiger partial charge in [0.05, 0.1) is 23.4 Å². The Morgan fingerprint density at radius 2 is 1.68 bits per heavy atom. The van der Waals surface area contributed by atoms with Crippen molar-refractivity contribution in [2.24, 2.45) is 17.8 Å². The highest BCUT2D eigenvalue weighted by molar-refractivity contribution is 6.31. The first-order valence-electron chi connectivity index (χ1n) is 11.2. The quantitative estimate of drug-likeness (QED) is 0.286. The number of carbonyl (C=O) groups excluding carboxylic acids is 4. The molecule has 0 saturated carbocycles. The number of carbonyl (C=O) groups is 4. The van der Waals surface area contributed by atoms with Gasteiger partial charge in [0.2, 0.25) is 17.7 Å². The summed E-state index contributed by atoms with van der Waals surface area (Å²) in [5, 5.41) is 0.551. The Labute approximate surface area is 201 Å². The minimum absolute atomic E-state index is 0.0317. The maximum atomic E-state index is 12.9. The molecule has 3 atom stereocenters. The topological polar surface area (TPSA) is 84.0 Å². The summed E-state index contributed by atoms with van der Waals surface area (Å²) >= 11 is 6.19. The molecule has 2 heterocycles. The SMILES string of the molecule is Cc1c(Cl)cccc1N1C[C@H](C(=O)Oc2cccc(N3C(=O)[C@H]4CC=CC[C@@H]4C3=O)c2)CC1=O. The Morgan fingerprint density at radius 3 is 2.38 bits per heavy atom. The van der Waals surface area contributed by atoms with Crippen molar-refractivity contribution < 1.29 is 23.9 Å². The number of amides is 3. The second kappa shape index (κ2) is 8.72. The molecule has 0 bridgehead atoms. The number of halogens is 1. The zero-order chi connectivity index (χ0) is 24.0. The van der Waals surface area contributed by atoms with Crippen LogP contribution in [0.4, 0.5) is 11.4 Å². The van der Waals surface area contributed by atoms with Gasteiger partial charge >= 0.3 is 5.97 Å². The van der Waals surface area contributed by atoms with Crippen LogP contribution in [0.3, 0.4) is 0 Å². The van der Waals surface area contributed by atoms with E-state index in [4.69, 9.17) is 16.3 Å². The van der Waals surface area contributed by atoms with E-state index in [-0.39, 0.29) is 48.3 Å². The van der Waals surface area contributed by atoms with Crippen molar-refractivity contribution in [3.05, 3.63) is 65.2 Å². The fourth-order valence-corrected chi connectivity index (χ4v) is 5.10. The second-order valence-electron chi connectivity index (χ2n) is 8.88. The molecule has 3 amide bonds. The first-order valence-corrected chi connectivity index (χ1v) is 11.6. The van der Waals surface area contributed by atoms with Gasteiger partial charge in [0.25, 0.3) is 0 Å². The van der Waals surface area contributed by atoms with Gasteiger partial charge in [0.15, 0.2) is 0 Å². The lowest BCUT2D eigenvalue weighted by Gasteiger charge is -2.19. The normalized spacial score (nSPS) is 24.1. The predicted molar refractivity (Wildman–Crippen MR) is 127 cm³/mol. The van der Waals surface area contributed by atoms with Crippen LogP contribution in [0.2, 0.25) is 5.02 Å². The third-order valence-electron chi connectivity index (χ3n) is 6.79. The van der Waals surface area contributed by atoms with Crippen LogP contribution in [-0.2, 0) is 19.2 Å². The molecular weight excluding hydrogens is 456 g/mol. The zero-order valence-electron chi connectivity index (χ0n) is 18.6. The molecule has 3 aliphatic rings. The number of esters is 1. The predicted octanol–water partition coefficient (Wildman–Crippen LogP) is 4.06. The third kappa shape index (κ3) is 3.80. The van der Waals surface area contributed by atoms with Crippen molar-refractivity contribution in [2.75, 3.05) is 16.3 Å². The molecule has 0 radical (unpaired) electrons. The Balaban J connectivity index is 1.30. The van der Waals surface area contributed by atoms with E-state index in [0.29, 0.717) is 29.2 Å². The van der Waals surface area contributed by atoms with Gasteiger partial charge in [-0.25, -0.2) is 4.90 Å². The van der Waals surface area contributed by atoms with Gasteiger partial charge in [-0.2, -0.15) is 0 Å². The number of imide groups is 1. The van der Waals surface area contributed by atoms with Gasteiger partial charge in [-0.05, 0) is 49.6 Å². The average Bonchev–Trinajstić information content (AvgIpc) is 3.33. The number of benzene rings is 2. The van der Waals surface area contributed by atoms with E-state index in [1.165, 1.54) is 11.0 Å². The number of hydrogen-bond acceptors (Lipinski definition) is 5. The maximum absolute atomic E-state index is 12.9. The summed E-state index contributed by atoms with van der Waals surface area (Å²) in [6, 6.07) is 11.7. The lowest BCUT2D eigenvalue weighted by atomic mass is 9.85. The molecule has 8 heteroatoms. The van der Waals surface area contributed by atoms with Crippen LogP contribution >= 0.6 is 11.6 Å². The van der Waals surface area contributed by atoms with Gasteiger partial charge in [-0.3, -0.25) is 19.2 Å². The number of allylic oxidation sites excluding steroid dienone is 2. The lowest BCUT2D eigenvalue weighted by Crippen LogP contribution is -2.31. The highest BCUT2D eigenvalue weighted by Gasteiger charge is 2.48. The number of fused-ring (bicyclic) bond motifs is 1. The third-order valence-corrected chi connectivity index (χ3v) is 7.20. The van der Waals surface area contributed by atoms with Crippen molar-refractivity contribution in [3.63, 3.8) is 0 Å². The summed E-state index contributed by atoms with van der Waals surface area (Å²) in [6.45, 7) is 2.02. The molecule has 0 unspecified atom stereocenters. The van der Waals surface area contributed by atoms with Crippen LogP contribution in [-0.4, -0.2) is 30.2 Å². The molecule has 174 valence electrons.